The average molecular weight is 583 g/mol. The Balaban J connectivity index is 1.43. The van der Waals surface area contributed by atoms with E-state index >= 15 is 0 Å². The maximum atomic E-state index is 13.2. The van der Waals surface area contributed by atoms with Gasteiger partial charge in [-0.25, -0.2) is 4.98 Å². The number of anilines is 3. The molecule has 13 heteroatoms. The summed E-state index contributed by atoms with van der Waals surface area (Å²) >= 11 is 0. The zero-order chi connectivity index (χ0) is 30.4. The van der Waals surface area contributed by atoms with E-state index in [0.29, 0.717) is 37.2 Å². The first-order valence-electron chi connectivity index (χ1n) is 13.0. The second-order valence-corrected chi connectivity index (χ2v) is 9.53. The van der Waals surface area contributed by atoms with Gasteiger partial charge in [0.1, 0.15) is 17.5 Å². The van der Waals surface area contributed by atoms with Crippen LogP contribution < -0.4 is 20.7 Å². The van der Waals surface area contributed by atoms with E-state index < -0.39 is 23.6 Å². The van der Waals surface area contributed by atoms with E-state index in [1.807, 2.05) is 0 Å². The molecule has 1 aliphatic heterocycles. The molecule has 1 aliphatic rings. The minimum Gasteiger partial charge on any atom is -0.460 e. The Morgan fingerprint density at radius 2 is 1.81 bits per heavy atom. The van der Waals surface area contributed by atoms with Gasteiger partial charge >= 0.3 is 12.2 Å². The number of hydrogen-bond donors (Lipinski definition) is 3. The summed E-state index contributed by atoms with van der Waals surface area (Å²) in [6.07, 6.45) is -0.974. The van der Waals surface area contributed by atoms with Crippen LogP contribution in [0.5, 0.6) is 6.01 Å². The van der Waals surface area contributed by atoms with Gasteiger partial charge in [-0.1, -0.05) is 18.7 Å². The smallest absolute Gasteiger partial charge is 0.416 e. The van der Waals surface area contributed by atoms with Gasteiger partial charge in [0.25, 0.3) is 11.8 Å². The third kappa shape index (κ3) is 7.22. The number of hydrogen-bond acceptors (Lipinski definition) is 7. The van der Waals surface area contributed by atoms with E-state index in [1.165, 1.54) is 24.4 Å². The van der Waals surface area contributed by atoms with Gasteiger partial charge in [-0.3, -0.25) is 14.4 Å². The van der Waals surface area contributed by atoms with Crippen molar-refractivity contribution in [2.24, 2.45) is 0 Å². The Morgan fingerprint density at radius 3 is 2.48 bits per heavy atom. The first-order chi connectivity index (χ1) is 20.0. The van der Waals surface area contributed by atoms with Crippen LogP contribution in [0, 0.1) is 6.92 Å². The van der Waals surface area contributed by atoms with E-state index in [0.717, 1.165) is 18.2 Å². The Bertz CT molecular complexity index is 1500. The molecular formula is C29H29F3N6O4. The van der Waals surface area contributed by atoms with Gasteiger partial charge in [-0.05, 0) is 48.9 Å². The largest absolute Gasteiger partial charge is 0.460 e. The molecule has 0 bridgehead atoms. The molecule has 10 nitrogen and oxygen atoms in total. The molecule has 1 aromatic heterocycles. The van der Waals surface area contributed by atoms with Gasteiger partial charge in [0.2, 0.25) is 5.91 Å². The fraction of sp³-hybridized carbons (Fsp3) is 0.276. The van der Waals surface area contributed by atoms with Crippen molar-refractivity contribution in [3.05, 3.63) is 83.6 Å². The van der Waals surface area contributed by atoms with E-state index in [2.05, 4.69) is 32.5 Å². The predicted octanol–water partition coefficient (Wildman–Crippen LogP) is 4.91. The van der Waals surface area contributed by atoms with Crippen molar-refractivity contribution in [1.82, 2.24) is 14.9 Å². The molecular weight excluding hydrogens is 553 g/mol. The van der Waals surface area contributed by atoms with Gasteiger partial charge < -0.3 is 25.6 Å². The third-order valence-corrected chi connectivity index (χ3v) is 6.64. The van der Waals surface area contributed by atoms with Crippen LogP contribution in [0.15, 0.2) is 61.3 Å². The lowest BCUT2D eigenvalue weighted by Gasteiger charge is -2.31. The summed E-state index contributed by atoms with van der Waals surface area (Å²) in [5, 5.41) is 8.18. The quantitative estimate of drug-likeness (QED) is 0.323. The van der Waals surface area contributed by atoms with Gasteiger partial charge in [0.15, 0.2) is 0 Å². The molecule has 42 heavy (non-hydrogen) atoms. The summed E-state index contributed by atoms with van der Waals surface area (Å²) in [5.74, 6) is -1.17. The Hall–Kier alpha value is -4.94. The number of nitrogens with zero attached hydrogens (tertiary/aromatic N) is 3. The fourth-order valence-corrected chi connectivity index (χ4v) is 4.32. The van der Waals surface area contributed by atoms with E-state index in [1.54, 1.807) is 31.0 Å². The summed E-state index contributed by atoms with van der Waals surface area (Å²) in [7, 11) is 1.59. The molecule has 3 aromatic rings. The standard InChI is InChI=1S/C29H29F3N6O4/c1-4-24(39)38-12-10-21(11-13-38)42-28-34-16-22(25(33-3)37-28)27(41)36-23-15-20(9-8-17(23)2)35-26(40)18-6-5-7-19(14-18)29(30,31)32/h4-9,14-16,21H,1,10-13H2,2-3H3,(H,35,40)(H,36,41)(H,33,34,37). The molecule has 0 unspecified atom stereocenters. The molecule has 4 rings (SSSR count). The lowest BCUT2D eigenvalue weighted by Crippen LogP contribution is -2.41. The lowest BCUT2D eigenvalue weighted by molar-refractivity contribution is -0.137. The number of alkyl halides is 3. The Labute approximate surface area is 240 Å². The number of carbonyl (C=O) groups is 3. The summed E-state index contributed by atoms with van der Waals surface area (Å²) in [4.78, 5) is 47.7. The molecule has 1 fully saturated rings. The molecule has 0 aliphatic carbocycles. The van der Waals surface area contributed by atoms with Crippen LogP contribution >= 0.6 is 0 Å². The number of nitrogens with one attached hydrogen (secondary N) is 3. The number of rotatable bonds is 8. The molecule has 0 spiro atoms. The Morgan fingerprint density at radius 1 is 1.07 bits per heavy atom. The molecule has 1 saturated heterocycles. The molecule has 2 aromatic carbocycles. The fourth-order valence-electron chi connectivity index (χ4n) is 4.32. The molecule has 3 N–H and O–H groups in total. The van der Waals surface area contributed by atoms with Gasteiger partial charge in [-0.15, -0.1) is 0 Å². The van der Waals surface area contributed by atoms with Crippen LogP contribution in [-0.2, 0) is 11.0 Å². The second kappa shape index (κ2) is 12.7. The van der Waals surface area contributed by atoms with Crippen molar-refractivity contribution in [2.45, 2.75) is 32.0 Å². The van der Waals surface area contributed by atoms with Crippen LogP contribution in [0.3, 0.4) is 0 Å². The number of aromatic nitrogens is 2. The van der Waals surface area contributed by atoms with E-state index in [-0.39, 0.29) is 40.7 Å². The number of piperidine rings is 1. The topological polar surface area (TPSA) is 126 Å². The SMILES string of the molecule is C=CC(=O)N1CCC(Oc2ncc(C(=O)Nc3cc(NC(=O)c4cccc(C(F)(F)F)c4)ccc3C)c(NC)n2)CC1. The van der Waals surface area contributed by atoms with Crippen molar-refractivity contribution < 1.29 is 32.3 Å². The zero-order valence-electron chi connectivity index (χ0n) is 22.9. The number of amides is 3. The minimum atomic E-state index is -4.58. The molecule has 3 amide bonds. The maximum absolute atomic E-state index is 13.2. The first kappa shape index (κ1) is 30.0. The number of likely N-dealkylation sites (tertiary alicyclic amines) is 1. The van der Waals surface area contributed by atoms with Gasteiger partial charge in [0, 0.05) is 56.1 Å². The summed E-state index contributed by atoms with van der Waals surface area (Å²) in [6.45, 7) is 6.29. The monoisotopic (exact) mass is 582 g/mol. The van der Waals surface area contributed by atoms with Gasteiger partial charge in [-0.2, -0.15) is 18.2 Å². The highest BCUT2D eigenvalue weighted by Gasteiger charge is 2.31. The van der Waals surface area contributed by atoms with Crippen molar-refractivity contribution in [2.75, 3.05) is 36.1 Å². The van der Waals surface area contributed by atoms with E-state index in [9.17, 15) is 27.6 Å². The summed E-state index contributed by atoms with van der Waals surface area (Å²) < 4.78 is 45.0. The number of halogens is 3. The van der Waals surface area contributed by atoms with Crippen LogP contribution in [-0.4, -0.2) is 58.8 Å². The highest BCUT2D eigenvalue weighted by molar-refractivity contribution is 6.08. The van der Waals surface area contributed by atoms with Crippen LogP contribution in [0.4, 0.5) is 30.4 Å². The van der Waals surface area contributed by atoms with Crippen LogP contribution in [0.2, 0.25) is 0 Å². The van der Waals surface area contributed by atoms with E-state index in [4.69, 9.17) is 4.74 Å². The number of aryl methyl sites for hydroxylation is 1. The van der Waals surface area contributed by atoms with Crippen molar-refractivity contribution >= 4 is 34.9 Å². The number of ether oxygens (including phenoxy) is 1. The van der Waals surface area contributed by atoms with Crippen molar-refractivity contribution in [1.29, 1.82) is 0 Å². The Kier molecular flexibility index (Phi) is 9.09. The molecule has 0 saturated carbocycles. The minimum absolute atomic E-state index is 0.0832. The highest BCUT2D eigenvalue weighted by Crippen LogP contribution is 2.30. The van der Waals surface area contributed by atoms with Crippen LogP contribution in [0.1, 0.15) is 44.7 Å². The molecule has 2 heterocycles. The second-order valence-electron chi connectivity index (χ2n) is 9.53. The molecule has 0 radical (unpaired) electrons. The van der Waals surface area contributed by atoms with Crippen molar-refractivity contribution in [3.8, 4) is 6.01 Å². The maximum Gasteiger partial charge on any atom is 0.416 e. The first-order valence-corrected chi connectivity index (χ1v) is 13.0. The van der Waals surface area contributed by atoms with Crippen molar-refractivity contribution in [3.63, 3.8) is 0 Å². The predicted molar refractivity (Wildman–Crippen MR) is 151 cm³/mol. The third-order valence-electron chi connectivity index (χ3n) is 6.64. The normalized spacial score (nSPS) is 13.7. The number of carbonyl (C=O) groups excluding carboxylic acids is 3. The average Bonchev–Trinajstić information content (AvgIpc) is 2.98. The summed E-state index contributed by atoms with van der Waals surface area (Å²) in [6, 6.07) is 8.90. The number of benzene rings is 2. The summed E-state index contributed by atoms with van der Waals surface area (Å²) in [5.41, 5.74) is 0.349. The van der Waals surface area contributed by atoms with Gasteiger partial charge in [0.05, 0.1) is 5.56 Å². The molecule has 0 atom stereocenters. The lowest BCUT2D eigenvalue weighted by atomic mass is 10.1. The highest BCUT2D eigenvalue weighted by atomic mass is 19.4. The molecule has 220 valence electrons. The van der Waals surface area contributed by atoms with Crippen LogP contribution in [0.25, 0.3) is 0 Å². The zero-order valence-corrected chi connectivity index (χ0v) is 22.9.